The molecular formula is C15H18N6OS2. The van der Waals surface area contributed by atoms with Gasteiger partial charge in [0.1, 0.15) is 22.3 Å². The summed E-state index contributed by atoms with van der Waals surface area (Å²) in [4.78, 5) is 17.0. The molecule has 0 aliphatic rings. The number of thioether (sulfide) groups is 1. The van der Waals surface area contributed by atoms with Gasteiger partial charge in [-0.2, -0.15) is 9.94 Å². The van der Waals surface area contributed by atoms with Gasteiger partial charge >= 0.3 is 0 Å². The summed E-state index contributed by atoms with van der Waals surface area (Å²) < 4.78 is 1.30. The van der Waals surface area contributed by atoms with Crippen LogP contribution < -0.4 is 11.0 Å². The van der Waals surface area contributed by atoms with Gasteiger partial charge in [0.15, 0.2) is 0 Å². The molecule has 1 N–H and O–H groups in total. The average molecular weight is 362 g/mol. The minimum absolute atomic E-state index is 0.286. The molecule has 0 aromatic carbocycles. The lowest BCUT2D eigenvalue weighted by atomic mass is 9.93. The molecule has 0 spiro atoms. The van der Waals surface area contributed by atoms with E-state index in [0.717, 1.165) is 5.69 Å². The summed E-state index contributed by atoms with van der Waals surface area (Å²) in [5.74, 6) is 0. The fourth-order valence-electron chi connectivity index (χ4n) is 1.84. The molecule has 2 heterocycles. The Bertz CT molecular complexity index is 869. The highest BCUT2D eigenvalue weighted by atomic mass is 32.2. The second kappa shape index (κ2) is 7.15. The number of hydrogen-bond donors (Lipinski definition) is 1. The Hall–Kier alpha value is -2.18. The Morgan fingerprint density at radius 1 is 1.46 bits per heavy atom. The highest BCUT2D eigenvalue weighted by molar-refractivity contribution is 7.98. The van der Waals surface area contributed by atoms with Crippen LogP contribution in [-0.4, -0.2) is 26.1 Å². The standard InChI is InChI=1S/C15H18N6OS2/c1-9-8-24-12(18-9)10(6-16)7-17-21-13(22)11(15(2,3)4)19-20-14(21)23-5/h7-8,17H,1-5H3/b10-7+. The van der Waals surface area contributed by atoms with Crippen LogP contribution in [0.3, 0.4) is 0 Å². The zero-order valence-electron chi connectivity index (χ0n) is 14.1. The van der Waals surface area contributed by atoms with Crippen molar-refractivity contribution in [3.8, 4) is 6.07 Å². The molecule has 7 nitrogen and oxygen atoms in total. The molecule has 9 heteroatoms. The van der Waals surface area contributed by atoms with Gasteiger partial charge in [-0.05, 0) is 13.2 Å². The van der Waals surface area contributed by atoms with E-state index in [9.17, 15) is 10.1 Å². The van der Waals surface area contributed by atoms with E-state index in [4.69, 9.17) is 0 Å². The van der Waals surface area contributed by atoms with Crippen molar-refractivity contribution in [3.05, 3.63) is 38.3 Å². The van der Waals surface area contributed by atoms with Crippen molar-refractivity contribution >= 4 is 28.7 Å². The van der Waals surface area contributed by atoms with Crippen LogP contribution in [0.25, 0.3) is 5.57 Å². The third kappa shape index (κ3) is 3.83. The molecule has 0 saturated carbocycles. The fraction of sp³-hybridized carbons (Fsp3) is 0.400. The van der Waals surface area contributed by atoms with Crippen molar-refractivity contribution in [1.29, 1.82) is 5.26 Å². The van der Waals surface area contributed by atoms with Crippen molar-refractivity contribution in [1.82, 2.24) is 19.9 Å². The molecule has 0 unspecified atom stereocenters. The number of allylic oxidation sites excluding steroid dienone is 1. The number of nitrogens with one attached hydrogen (secondary N) is 1. The summed E-state index contributed by atoms with van der Waals surface area (Å²) >= 11 is 2.67. The lowest BCUT2D eigenvalue weighted by Gasteiger charge is -2.18. The molecular weight excluding hydrogens is 344 g/mol. The molecule has 0 saturated heterocycles. The largest absolute Gasteiger partial charge is 0.295 e. The lowest BCUT2D eigenvalue weighted by Crippen LogP contribution is -2.37. The molecule has 0 radical (unpaired) electrons. The van der Waals surface area contributed by atoms with Gasteiger partial charge in [-0.1, -0.05) is 32.5 Å². The van der Waals surface area contributed by atoms with Crippen LogP contribution in [0, 0.1) is 18.3 Å². The smallest absolute Gasteiger partial charge is 0.295 e. The molecule has 126 valence electrons. The molecule has 0 aliphatic carbocycles. The van der Waals surface area contributed by atoms with E-state index >= 15 is 0 Å². The van der Waals surface area contributed by atoms with Crippen LogP contribution in [0.2, 0.25) is 0 Å². The Morgan fingerprint density at radius 2 is 2.17 bits per heavy atom. The fourth-order valence-corrected chi connectivity index (χ4v) is 3.04. The van der Waals surface area contributed by atoms with E-state index in [-0.39, 0.29) is 5.56 Å². The first-order valence-electron chi connectivity index (χ1n) is 7.11. The highest BCUT2D eigenvalue weighted by Crippen LogP contribution is 2.19. The van der Waals surface area contributed by atoms with Crippen molar-refractivity contribution in [2.45, 2.75) is 38.3 Å². The normalized spacial score (nSPS) is 12.1. The maximum atomic E-state index is 12.7. The third-order valence-electron chi connectivity index (χ3n) is 3.03. The molecule has 0 fully saturated rings. The number of hydrogen-bond acceptors (Lipinski definition) is 8. The van der Waals surface area contributed by atoms with Crippen LogP contribution in [0.4, 0.5) is 0 Å². The Balaban J connectivity index is 2.47. The van der Waals surface area contributed by atoms with Gasteiger partial charge in [-0.3, -0.25) is 10.2 Å². The Labute approximate surface area is 148 Å². The first-order valence-corrected chi connectivity index (χ1v) is 9.22. The molecule has 2 aromatic heterocycles. The van der Waals surface area contributed by atoms with Crippen LogP contribution in [-0.2, 0) is 5.41 Å². The van der Waals surface area contributed by atoms with Crippen molar-refractivity contribution in [3.63, 3.8) is 0 Å². The zero-order valence-corrected chi connectivity index (χ0v) is 15.7. The summed E-state index contributed by atoms with van der Waals surface area (Å²) in [6, 6.07) is 2.09. The van der Waals surface area contributed by atoms with Crippen LogP contribution in [0.15, 0.2) is 21.5 Å². The summed E-state index contributed by atoms with van der Waals surface area (Å²) in [7, 11) is 0. The van der Waals surface area contributed by atoms with Gasteiger partial charge in [0, 0.05) is 22.7 Å². The van der Waals surface area contributed by atoms with Crippen LogP contribution in [0.1, 0.15) is 37.2 Å². The average Bonchev–Trinajstić information content (AvgIpc) is 2.94. The first kappa shape index (κ1) is 18.2. The summed E-state index contributed by atoms with van der Waals surface area (Å²) in [6.45, 7) is 7.56. The van der Waals surface area contributed by atoms with E-state index < -0.39 is 5.41 Å². The van der Waals surface area contributed by atoms with Gasteiger partial charge in [0.25, 0.3) is 5.56 Å². The maximum absolute atomic E-state index is 12.7. The number of aryl methyl sites for hydroxylation is 1. The minimum Gasteiger partial charge on any atom is -0.295 e. The van der Waals surface area contributed by atoms with E-state index in [2.05, 4.69) is 26.7 Å². The highest BCUT2D eigenvalue weighted by Gasteiger charge is 2.23. The Morgan fingerprint density at radius 3 is 2.67 bits per heavy atom. The van der Waals surface area contributed by atoms with Crippen LogP contribution in [0.5, 0.6) is 0 Å². The van der Waals surface area contributed by atoms with Gasteiger partial charge in [0.05, 0.1) is 0 Å². The van der Waals surface area contributed by atoms with E-state index in [1.165, 1.54) is 34.0 Å². The van der Waals surface area contributed by atoms with Crippen LogP contribution >= 0.6 is 23.1 Å². The quantitative estimate of drug-likeness (QED) is 0.659. The predicted octanol–water partition coefficient (Wildman–Crippen LogP) is 2.53. The Kier molecular flexibility index (Phi) is 5.41. The lowest BCUT2D eigenvalue weighted by molar-refractivity contribution is 0.517. The van der Waals surface area contributed by atoms with E-state index in [1.807, 2.05) is 33.1 Å². The van der Waals surface area contributed by atoms with Gasteiger partial charge in [-0.15, -0.1) is 21.5 Å². The number of thiazole rings is 1. The number of rotatable bonds is 4. The summed E-state index contributed by atoms with van der Waals surface area (Å²) in [5, 5.41) is 20.4. The molecule has 2 aromatic rings. The first-order chi connectivity index (χ1) is 11.3. The molecule has 24 heavy (non-hydrogen) atoms. The van der Waals surface area contributed by atoms with Crippen molar-refractivity contribution in [2.75, 3.05) is 11.7 Å². The number of nitriles is 1. The van der Waals surface area contributed by atoms with E-state index in [1.54, 1.807) is 6.26 Å². The minimum atomic E-state index is -0.432. The predicted molar refractivity (Wildman–Crippen MR) is 96.6 cm³/mol. The molecule has 2 rings (SSSR count). The van der Waals surface area contributed by atoms with Crippen molar-refractivity contribution in [2.24, 2.45) is 0 Å². The third-order valence-corrected chi connectivity index (χ3v) is 4.66. The topological polar surface area (TPSA) is 96.5 Å². The monoisotopic (exact) mass is 362 g/mol. The van der Waals surface area contributed by atoms with Gasteiger partial charge < -0.3 is 0 Å². The zero-order chi connectivity index (χ0) is 17.9. The SMILES string of the molecule is CSc1nnc(C(C)(C)C)c(=O)n1N/C=C(\C#N)c1nc(C)cs1. The van der Waals surface area contributed by atoms with Crippen molar-refractivity contribution < 1.29 is 0 Å². The molecule has 0 amide bonds. The number of nitrogens with zero attached hydrogens (tertiary/aromatic N) is 5. The summed E-state index contributed by atoms with van der Waals surface area (Å²) in [6.07, 6.45) is 3.27. The van der Waals surface area contributed by atoms with E-state index in [0.29, 0.717) is 21.4 Å². The number of aromatic nitrogens is 4. The molecule has 0 bridgehead atoms. The van der Waals surface area contributed by atoms with Gasteiger partial charge in [-0.25, -0.2) is 4.98 Å². The van der Waals surface area contributed by atoms with Gasteiger partial charge in [0.2, 0.25) is 5.16 Å². The summed E-state index contributed by atoms with van der Waals surface area (Å²) in [5.41, 5.74) is 3.69. The maximum Gasteiger partial charge on any atom is 0.295 e. The molecule has 0 atom stereocenters. The second-order valence-corrected chi connectivity index (χ2v) is 7.65. The second-order valence-electron chi connectivity index (χ2n) is 6.02. The molecule has 0 aliphatic heterocycles.